The van der Waals surface area contributed by atoms with Gasteiger partial charge in [-0.05, 0) is 23.3 Å². The second-order valence-electron chi connectivity index (χ2n) is 6.62. The van der Waals surface area contributed by atoms with E-state index in [-0.39, 0.29) is 0 Å². The maximum atomic E-state index is 6.57. The Balaban J connectivity index is 1.72. The number of hydrogen-bond acceptors (Lipinski definition) is 1. The second kappa shape index (κ2) is 7.76. The Morgan fingerprint density at radius 3 is 2.08 bits per heavy atom. The molecule has 0 unspecified atom stereocenters. The summed E-state index contributed by atoms with van der Waals surface area (Å²) < 4.78 is 2.44. The summed E-state index contributed by atoms with van der Waals surface area (Å²) in [6.45, 7) is 3.80. The number of benzene rings is 3. The summed E-state index contributed by atoms with van der Waals surface area (Å²) in [4.78, 5) is 2.44. The van der Waals surface area contributed by atoms with Gasteiger partial charge in [0.15, 0.2) is 0 Å². The Kier molecular flexibility index (Phi) is 5.03. The smallest absolute Gasteiger partial charge is 0.253 e. The molecule has 0 aromatic heterocycles. The summed E-state index contributed by atoms with van der Waals surface area (Å²) in [6.07, 6.45) is 0. The average molecular weight is 362 g/mol. The number of nitrogens with zero attached hydrogens (tertiary/aromatic N) is 2. The van der Waals surface area contributed by atoms with Crippen molar-refractivity contribution in [1.29, 1.82) is 0 Å². The predicted molar refractivity (Wildman–Crippen MR) is 108 cm³/mol. The third-order valence-electron chi connectivity index (χ3n) is 4.79. The molecule has 0 bridgehead atoms. The van der Waals surface area contributed by atoms with Crippen LogP contribution in [0.4, 0.5) is 0 Å². The molecule has 0 spiro atoms. The molecular formula is C23H22ClN2+. The van der Waals surface area contributed by atoms with Gasteiger partial charge in [0, 0.05) is 0 Å². The zero-order valence-corrected chi connectivity index (χ0v) is 15.4. The molecule has 0 atom stereocenters. The van der Waals surface area contributed by atoms with Crippen molar-refractivity contribution in [2.45, 2.75) is 13.1 Å². The zero-order chi connectivity index (χ0) is 17.8. The van der Waals surface area contributed by atoms with Gasteiger partial charge in [-0.25, -0.2) is 0 Å². The Labute approximate surface area is 160 Å². The van der Waals surface area contributed by atoms with Crippen molar-refractivity contribution in [1.82, 2.24) is 4.90 Å². The Bertz CT molecular complexity index is 904. The van der Waals surface area contributed by atoms with Gasteiger partial charge in [-0.15, -0.1) is 0 Å². The van der Waals surface area contributed by atoms with Crippen molar-refractivity contribution in [3.8, 4) is 0 Å². The molecule has 3 aromatic rings. The molecule has 2 nitrogen and oxygen atoms in total. The van der Waals surface area contributed by atoms with Crippen LogP contribution < -0.4 is 0 Å². The van der Waals surface area contributed by atoms with E-state index in [4.69, 9.17) is 11.6 Å². The van der Waals surface area contributed by atoms with Crippen LogP contribution >= 0.6 is 11.6 Å². The first kappa shape index (κ1) is 16.9. The van der Waals surface area contributed by atoms with Crippen LogP contribution in [-0.4, -0.2) is 28.4 Å². The highest BCUT2D eigenvalue weighted by Gasteiger charge is 2.33. The Morgan fingerprint density at radius 2 is 1.38 bits per heavy atom. The summed E-state index contributed by atoms with van der Waals surface area (Å²) in [7, 11) is 0. The first-order valence-corrected chi connectivity index (χ1v) is 9.38. The first-order chi connectivity index (χ1) is 12.8. The third-order valence-corrected chi connectivity index (χ3v) is 5.12. The van der Waals surface area contributed by atoms with E-state index < -0.39 is 0 Å². The minimum Gasteiger partial charge on any atom is -0.253 e. The van der Waals surface area contributed by atoms with E-state index in [0.717, 1.165) is 36.8 Å². The highest BCUT2D eigenvalue weighted by Crippen LogP contribution is 2.22. The quantitative estimate of drug-likeness (QED) is 0.591. The van der Waals surface area contributed by atoms with Crippen LogP contribution in [0.1, 0.15) is 16.7 Å². The minimum absolute atomic E-state index is 0.806. The molecule has 1 aliphatic rings. The first-order valence-electron chi connectivity index (χ1n) is 9.01. The van der Waals surface area contributed by atoms with Gasteiger partial charge in [0.1, 0.15) is 26.2 Å². The van der Waals surface area contributed by atoms with Crippen LogP contribution in [0.15, 0.2) is 84.9 Å². The summed E-state index contributed by atoms with van der Waals surface area (Å²) in [5, 5.41) is 0.806. The molecule has 0 radical (unpaired) electrons. The lowest BCUT2D eigenvalue weighted by Crippen LogP contribution is -2.30. The standard InChI is InChI=1S/C23H22ClN2/c24-22-14-8-7-13-21(22)23-25(17-19-9-3-1-4-10-19)15-16-26(23)18-20-11-5-2-6-12-20/h1-14H,15-18H2/q+1. The maximum absolute atomic E-state index is 6.57. The molecule has 0 N–H and O–H groups in total. The monoisotopic (exact) mass is 361 g/mol. The Hall–Kier alpha value is -2.58. The lowest BCUT2D eigenvalue weighted by molar-refractivity contribution is -0.533. The molecule has 3 aromatic carbocycles. The number of hydrogen-bond donors (Lipinski definition) is 0. The molecule has 4 rings (SSSR count). The van der Waals surface area contributed by atoms with Gasteiger partial charge in [0.25, 0.3) is 5.84 Å². The van der Waals surface area contributed by atoms with E-state index in [9.17, 15) is 0 Å². The summed E-state index contributed by atoms with van der Waals surface area (Å²) in [5.41, 5.74) is 3.75. The van der Waals surface area contributed by atoms with Gasteiger partial charge in [0.2, 0.25) is 0 Å². The number of amidine groups is 1. The molecule has 0 aliphatic carbocycles. The fourth-order valence-corrected chi connectivity index (χ4v) is 3.77. The number of halogens is 1. The molecule has 130 valence electrons. The predicted octanol–water partition coefficient (Wildman–Crippen LogP) is 4.82. The third kappa shape index (κ3) is 3.66. The normalized spacial score (nSPS) is 14.1. The van der Waals surface area contributed by atoms with Gasteiger partial charge in [-0.2, -0.15) is 0 Å². The lowest BCUT2D eigenvalue weighted by atomic mass is 10.1. The molecule has 0 saturated carbocycles. The van der Waals surface area contributed by atoms with Gasteiger partial charge < -0.3 is 0 Å². The second-order valence-corrected chi connectivity index (χ2v) is 7.02. The van der Waals surface area contributed by atoms with Crippen molar-refractivity contribution < 1.29 is 4.58 Å². The van der Waals surface area contributed by atoms with E-state index in [1.165, 1.54) is 17.0 Å². The molecule has 0 fully saturated rings. The van der Waals surface area contributed by atoms with Crippen molar-refractivity contribution in [3.63, 3.8) is 0 Å². The summed E-state index contributed by atoms with van der Waals surface area (Å²) in [5.74, 6) is 1.23. The number of rotatable bonds is 5. The van der Waals surface area contributed by atoms with Crippen molar-refractivity contribution in [2.75, 3.05) is 13.1 Å². The fraction of sp³-hybridized carbons (Fsp3) is 0.174. The molecule has 1 aliphatic heterocycles. The highest BCUT2D eigenvalue weighted by molar-refractivity contribution is 6.33. The van der Waals surface area contributed by atoms with E-state index in [0.29, 0.717) is 0 Å². The largest absolute Gasteiger partial charge is 0.281 e. The van der Waals surface area contributed by atoms with Gasteiger partial charge in [-0.3, -0.25) is 9.48 Å². The summed E-state index contributed by atoms with van der Waals surface area (Å²) >= 11 is 6.57. The zero-order valence-electron chi connectivity index (χ0n) is 14.7. The fourth-order valence-electron chi connectivity index (χ4n) is 3.55. The van der Waals surface area contributed by atoms with Crippen LogP contribution in [0.5, 0.6) is 0 Å². The van der Waals surface area contributed by atoms with Crippen molar-refractivity contribution in [3.05, 3.63) is 107 Å². The van der Waals surface area contributed by atoms with E-state index in [1.54, 1.807) is 0 Å². The average Bonchev–Trinajstić information content (AvgIpc) is 3.06. The van der Waals surface area contributed by atoms with E-state index in [2.05, 4.69) is 82.3 Å². The molecule has 3 heteroatoms. The molecule has 1 heterocycles. The molecular weight excluding hydrogens is 340 g/mol. The van der Waals surface area contributed by atoms with Crippen LogP contribution in [0.3, 0.4) is 0 Å². The van der Waals surface area contributed by atoms with Crippen LogP contribution in [-0.2, 0) is 13.1 Å². The van der Waals surface area contributed by atoms with Crippen LogP contribution in [0.2, 0.25) is 5.02 Å². The van der Waals surface area contributed by atoms with Gasteiger partial charge >= 0.3 is 0 Å². The van der Waals surface area contributed by atoms with Crippen LogP contribution in [0.25, 0.3) is 0 Å². The summed E-state index contributed by atoms with van der Waals surface area (Å²) in [6, 6.07) is 29.4. The SMILES string of the molecule is Clc1ccccc1C1=[N+](Cc2ccccc2)CCN1Cc1ccccc1. The topological polar surface area (TPSA) is 6.25 Å². The lowest BCUT2D eigenvalue weighted by Gasteiger charge is -2.15. The maximum Gasteiger partial charge on any atom is 0.281 e. The van der Waals surface area contributed by atoms with E-state index in [1.807, 2.05) is 12.1 Å². The van der Waals surface area contributed by atoms with Gasteiger partial charge in [0.05, 0.1) is 10.6 Å². The van der Waals surface area contributed by atoms with Crippen molar-refractivity contribution in [2.24, 2.45) is 0 Å². The van der Waals surface area contributed by atoms with Gasteiger partial charge in [-0.1, -0.05) is 84.4 Å². The molecule has 26 heavy (non-hydrogen) atoms. The molecule has 0 amide bonds. The van der Waals surface area contributed by atoms with Crippen LogP contribution in [0, 0.1) is 0 Å². The minimum atomic E-state index is 0.806. The van der Waals surface area contributed by atoms with Crippen molar-refractivity contribution >= 4 is 17.4 Å². The van der Waals surface area contributed by atoms with E-state index >= 15 is 0 Å². The Morgan fingerprint density at radius 1 is 0.769 bits per heavy atom. The molecule has 0 saturated heterocycles. The highest BCUT2D eigenvalue weighted by atomic mass is 35.5.